The summed E-state index contributed by atoms with van der Waals surface area (Å²) >= 11 is 0. The monoisotopic (exact) mass is 349 g/mol. The summed E-state index contributed by atoms with van der Waals surface area (Å²) in [6.07, 6.45) is 2.49. The van der Waals surface area contributed by atoms with Crippen molar-refractivity contribution in [1.82, 2.24) is 15.1 Å². The van der Waals surface area contributed by atoms with Crippen LogP contribution in [0.2, 0.25) is 0 Å². The second-order valence-electron chi connectivity index (χ2n) is 6.68. The van der Waals surface area contributed by atoms with Crippen molar-refractivity contribution in [3.05, 3.63) is 35.6 Å². The SMILES string of the molecule is CCCNC(=O)C1CCN(CC(=O)N(C)Cc2ccccc2F)CC1. The van der Waals surface area contributed by atoms with E-state index in [1.165, 1.54) is 6.07 Å². The third-order valence-electron chi connectivity index (χ3n) is 4.66. The third kappa shape index (κ3) is 5.81. The summed E-state index contributed by atoms with van der Waals surface area (Å²) in [6.45, 7) is 4.81. The van der Waals surface area contributed by atoms with Gasteiger partial charge < -0.3 is 10.2 Å². The number of halogens is 1. The number of hydrogen-bond acceptors (Lipinski definition) is 3. The lowest BCUT2D eigenvalue weighted by molar-refractivity contribution is -0.132. The molecule has 25 heavy (non-hydrogen) atoms. The Morgan fingerprint density at radius 3 is 2.60 bits per heavy atom. The van der Waals surface area contributed by atoms with Gasteiger partial charge in [0.25, 0.3) is 0 Å². The van der Waals surface area contributed by atoms with E-state index in [4.69, 9.17) is 0 Å². The summed E-state index contributed by atoms with van der Waals surface area (Å²) in [5.74, 6) is -0.142. The fourth-order valence-corrected chi connectivity index (χ4v) is 3.03. The van der Waals surface area contributed by atoms with Gasteiger partial charge in [0.05, 0.1) is 6.54 Å². The van der Waals surface area contributed by atoms with Crippen LogP contribution in [0.1, 0.15) is 31.7 Å². The van der Waals surface area contributed by atoms with Gasteiger partial charge in [-0.3, -0.25) is 14.5 Å². The quantitative estimate of drug-likeness (QED) is 0.819. The highest BCUT2D eigenvalue weighted by atomic mass is 19.1. The number of nitrogens with zero attached hydrogens (tertiary/aromatic N) is 2. The Hall–Kier alpha value is -1.95. The van der Waals surface area contributed by atoms with E-state index >= 15 is 0 Å². The Kier molecular flexibility index (Phi) is 7.37. The summed E-state index contributed by atoms with van der Waals surface area (Å²) in [4.78, 5) is 28.0. The van der Waals surface area contributed by atoms with Crippen LogP contribution in [0.5, 0.6) is 0 Å². The van der Waals surface area contributed by atoms with Crippen LogP contribution in [0.25, 0.3) is 0 Å². The Bertz CT molecular complexity index is 586. The van der Waals surface area contributed by atoms with Crippen LogP contribution in [0.3, 0.4) is 0 Å². The number of rotatable bonds is 7. The number of benzene rings is 1. The van der Waals surface area contributed by atoms with Gasteiger partial charge in [0, 0.05) is 31.6 Å². The molecule has 2 amide bonds. The van der Waals surface area contributed by atoms with Crippen LogP contribution < -0.4 is 5.32 Å². The fraction of sp³-hybridized carbons (Fsp3) is 0.579. The first-order chi connectivity index (χ1) is 12.0. The minimum Gasteiger partial charge on any atom is -0.356 e. The number of amides is 2. The smallest absolute Gasteiger partial charge is 0.236 e. The van der Waals surface area contributed by atoms with Crippen molar-refractivity contribution in [1.29, 1.82) is 0 Å². The van der Waals surface area contributed by atoms with Gasteiger partial charge in [-0.2, -0.15) is 0 Å². The van der Waals surface area contributed by atoms with Gasteiger partial charge in [-0.1, -0.05) is 25.1 Å². The molecule has 138 valence electrons. The molecule has 1 N–H and O–H groups in total. The van der Waals surface area contributed by atoms with Crippen LogP contribution in [0, 0.1) is 11.7 Å². The number of piperidine rings is 1. The normalized spacial score (nSPS) is 15.8. The molecule has 0 aromatic heterocycles. The van der Waals surface area contributed by atoms with E-state index in [0.717, 1.165) is 38.9 Å². The van der Waals surface area contributed by atoms with Gasteiger partial charge >= 0.3 is 0 Å². The second kappa shape index (κ2) is 9.51. The van der Waals surface area contributed by atoms with E-state index in [1.54, 1.807) is 30.1 Å². The Balaban J connectivity index is 1.76. The Morgan fingerprint density at radius 2 is 1.96 bits per heavy atom. The van der Waals surface area contributed by atoms with Crippen molar-refractivity contribution in [2.45, 2.75) is 32.7 Å². The van der Waals surface area contributed by atoms with E-state index in [0.29, 0.717) is 12.1 Å². The molecule has 0 spiro atoms. The molecule has 0 radical (unpaired) electrons. The average Bonchev–Trinajstić information content (AvgIpc) is 2.62. The topological polar surface area (TPSA) is 52.7 Å². The summed E-state index contributed by atoms with van der Waals surface area (Å²) < 4.78 is 13.7. The minimum atomic E-state index is -0.291. The molecular formula is C19H28FN3O2. The van der Waals surface area contributed by atoms with Crippen molar-refractivity contribution in [3.63, 3.8) is 0 Å². The van der Waals surface area contributed by atoms with E-state index in [-0.39, 0.29) is 30.1 Å². The van der Waals surface area contributed by atoms with Crippen molar-refractivity contribution in [2.24, 2.45) is 5.92 Å². The first kappa shape index (κ1) is 19.4. The summed E-state index contributed by atoms with van der Waals surface area (Å²) in [6, 6.07) is 6.51. The summed E-state index contributed by atoms with van der Waals surface area (Å²) in [7, 11) is 1.69. The molecular weight excluding hydrogens is 321 g/mol. The van der Waals surface area contributed by atoms with Crippen LogP contribution in [0.4, 0.5) is 4.39 Å². The maximum Gasteiger partial charge on any atom is 0.236 e. The van der Waals surface area contributed by atoms with Gasteiger partial charge in [-0.25, -0.2) is 4.39 Å². The van der Waals surface area contributed by atoms with Crippen molar-refractivity contribution in [2.75, 3.05) is 33.2 Å². The fourth-order valence-electron chi connectivity index (χ4n) is 3.03. The molecule has 0 saturated carbocycles. The Labute approximate surface area is 149 Å². The summed E-state index contributed by atoms with van der Waals surface area (Å²) in [5, 5.41) is 2.94. The molecule has 1 heterocycles. The Morgan fingerprint density at radius 1 is 1.28 bits per heavy atom. The van der Waals surface area contributed by atoms with E-state index < -0.39 is 0 Å². The van der Waals surface area contributed by atoms with E-state index in [9.17, 15) is 14.0 Å². The molecule has 0 bridgehead atoms. The zero-order chi connectivity index (χ0) is 18.2. The first-order valence-corrected chi connectivity index (χ1v) is 8.98. The molecule has 1 aromatic carbocycles. The molecule has 1 saturated heterocycles. The number of carbonyl (C=O) groups is 2. The van der Waals surface area contributed by atoms with E-state index in [1.807, 2.05) is 6.92 Å². The number of likely N-dealkylation sites (tertiary alicyclic amines) is 1. The number of likely N-dealkylation sites (N-methyl/N-ethyl adjacent to an activating group) is 1. The predicted octanol–water partition coefficient (Wildman–Crippen LogP) is 2.02. The van der Waals surface area contributed by atoms with Crippen molar-refractivity contribution in [3.8, 4) is 0 Å². The predicted molar refractivity (Wildman–Crippen MR) is 95.3 cm³/mol. The molecule has 1 fully saturated rings. The van der Waals surface area contributed by atoms with Gasteiger partial charge in [-0.15, -0.1) is 0 Å². The van der Waals surface area contributed by atoms with Gasteiger partial charge in [-0.05, 0) is 38.4 Å². The van der Waals surface area contributed by atoms with Gasteiger partial charge in [0.15, 0.2) is 0 Å². The minimum absolute atomic E-state index is 0.0304. The van der Waals surface area contributed by atoms with E-state index in [2.05, 4.69) is 10.2 Å². The maximum atomic E-state index is 13.7. The molecule has 5 nitrogen and oxygen atoms in total. The lowest BCUT2D eigenvalue weighted by Gasteiger charge is -2.32. The largest absolute Gasteiger partial charge is 0.356 e. The van der Waals surface area contributed by atoms with Gasteiger partial charge in [0.1, 0.15) is 5.82 Å². The van der Waals surface area contributed by atoms with Crippen LogP contribution in [-0.4, -0.2) is 54.8 Å². The highest BCUT2D eigenvalue weighted by Crippen LogP contribution is 2.17. The van der Waals surface area contributed by atoms with Crippen molar-refractivity contribution >= 4 is 11.8 Å². The maximum absolute atomic E-state index is 13.7. The van der Waals surface area contributed by atoms with Crippen LogP contribution in [-0.2, 0) is 16.1 Å². The zero-order valence-corrected chi connectivity index (χ0v) is 15.1. The first-order valence-electron chi connectivity index (χ1n) is 8.98. The van der Waals surface area contributed by atoms with Crippen LogP contribution >= 0.6 is 0 Å². The summed E-state index contributed by atoms with van der Waals surface area (Å²) in [5.41, 5.74) is 0.518. The molecule has 0 aliphatic carbocycles. The number of nitrogens with one attached hydrogen (secondary N) is 1. The highest BCUT2D eigenvalue weighted by molar-refractivity contribution is 5.79. The molecule has 1 aliphatic heterocycles. The third-order valence-corrected chi connectivity index (χ3v) is 4.66. The second-order valence-corrected chi connectivity index (χ2v) is 6.68. The molecule has 2 rings (SSSR count). The number of hydrogen-bond donors (Lipinski definition) is 1. The molecule has 1 aromatic rings. The van der Waals surface area contributed by atoms with Gasteiger partial charge in [0.2, 0.25) is 11.8 Å². The molecule has 6 heteroatoms. The molecule has 0 unspecified atom stereocenters. The standard InChI is InChI=1S/C19H28FN3O2/c1-3-10-21-19(25)15-8-11-23(12-9-15)14-18(24)22(2)13-16-6-4-5-7-17(16)20/h4-7,15H,3,8-14H2,1-2H3,(H,21,25). The van der Waals surface area contributed by atoms with Crippen molar-refractivity contribution < 1.29 is 14.0 Å². The lowest BCUT2D eigenvalue weighted by atomic mass is 9.96. The number of carbonyl (C=O) groups excluding carboxylic acids is 2. The highest BCUT2D eigenvalue weighted by Gasteiger charge is 2.26. The average molecular weight is 349 g/mol. The zero-order valence-electron chi connectivity index (χ0n) is 15.1. The molecule has 0 atom stereocenters. The molecule has 1 aliphatic rings. The lowest BCUT2D eigenvalue weighted by Crippen LogP contribution is -2.44. The van der Waals surface area contributed by atoms with Crippen LogP contribution in [0.15, 0.2) is 24.3 Å².